The van der Waals surface area contributed by atoms with E-state index in [1.165, 1.54) is 49.2 Å². The van der Waals surface area contributed by atoms with Crippen LogP contribution >= 0.6 is 15.9 Å². The minimum atomic E-state index is 0.637. The number of rotatable bonds is 1. The first kappa shape index (κ1) is 10.6. The first-order valence-corrected chi connectivity index (χ1v) is 6.79. The molecule has 3 heteroatoms. The van der Waals surface area contributed by atoms with Gasteiger partial charge in [0.2, 0.25) is 0 Å². The molecule has 2 nitrogen and oxygen atoms in total. The molecule has 1 spiro atoms. The van der Waals surface area contributed by atoms with E-state index in [0.717, 1.165) is 0 Å². The monoisotopic (exact) mass is 280 g/mol. The van der Waals surface area contributed by atoms with Gasteiger partial charge in [-0.2, -0.15) is 0 Å². The van der Waals surface area contributed by atoms with Crippen LogP contribution in [0.4, 0.5) is 5.69 Å². The molecular weight excluding hydrogens is 264 g/mol. The number of hydrogen-bond donors (Lipinski definition) is 1. The Morgan fingerprint density at radius 1 is 1.12 bits per heavy atom. The van der Waals surface area contributed by atoms with Crippen LogP contribution in [0.3, 0.4) is 0 Å². The van der Waals surface area contributed by atoms with E-state index in [4.69, 9.17) is 0 Å². The minimum absolute atomic E-state index is 0.637. The van der Waals surface area contributed by atoms with E-state index in [1.807, 2.05) is 0 Å². The average molecular weight is 281 g/mol. The Morgan fingerprint density at radius 2 is 1.81 bits per heavy atom. The summed E-state index contributed by atoms with van der Waals surface area (Å²) in [7, 11) is 0. The molecule has 0 aromatic heterocycles. The molecule has 0 bridgehead atoms. The molecule has 0 saturated carbocycles. The van der Waals surface area contributed by atoms with Gasteiger partial charge in [0.1, 0.15) is 0 Å². The van der Waals surface area contributed by atoms with Gasteiger partial charge in [-0.05, 0) is 46.3 Å². The lowest BCUT2D eigenvalue weighted by Crippen LogP contribution is -2.58. The molecule has 1 aromatic rings. The van der Waals surface area contributed by atoms with Crippen molar-refractivity contribution in [2.45, 2.75) is 12.8 Å². The fraction of sp³-hybridized carbons (Fsp3) is 0.538. The molecule has 1 aromatic carbocycles. The van der Waals surface area contributed by atoms with Crippen molar-refractivity contribution in [3.8, 4) is 0 Å². The number of benzene rings is 1. The zero-order valence-corrected chi connectivity index (χ0v) is 11.0. The van der Waals surface area contributed by atoms with E-state index in [1.54, 1.807) is 0 Å². The third-order valence-corrected chi connectivity index (χ3v) is 4.69. The van der Waals surface area contributed by atoms with Crippen molar-refractivity contribution in [1.82, 2.24) is 5.32 Å². The fourth-order valence-corrected chi connectivity index (χ4v) is 3.30. The number of nitrogens with one attached hydrogen (secondary N) is 1. The highest BCUT2D eigenvalue weighted by atomic mass is 79.9. The number of para-hydroxylation sites is 1. The highest BCUT2D eigenvalue weighted by Gasteiger charge is 2.39. The fourth-order valence-electron chi connectivity index (χ4n) is 2.76. The van der Waals surface area contributed by atoms with Crippen molar-refractivity contribution in [2.24, 2.45) is 5.41 Å². The predicted octanol–water partition coefficient (Wildman–Crippen LogP) is 2.64. The SMILES string of the molecule is Brc1ccccc1N1CCC2(CC1)CNC2. The molecule has 2 heterocycles. The quantitative estimate of drug-likeness (QED) is 0.851. The first-order valence-electron chi connectivity index (χ1n) is 5.99. The molecule has 2 fully saturated rings. The number of piperidine rings is 1. The number of anilines is 1. The summed E-state index contributed by atoms with van der Waals surface area (Å²) in [5.41, 5.74) is 1.99. The van der Waals surface area contributed by atoms with Crippen molar-refractivity contribution in [1.29, 1.82) is 0 Å². The van der Waals surface area contributed by atoms with Gasteiger partial charge in [-0.25, -0.2) is 0 Å². The van der Waals surface area contributed by atoms with Crippen LogP contribution in [0.1, 0.15) is 12.8 Å². The Bertz CT molecular complexity index is 377. The van der Waals surface area contributed by atoms with Crippen LogP contribution in [0.5, 0.6) is 0 Å². The molecule has 0 aliphatic carbocycles. The summed E-state index contributed by atoms with van der Waals surface area (Å²) in [6.07, 6.45) is 2.67. The lowest BCUT2D eigenvalue weighted by molar-refractivity contribution is 0.126. The Balaban J connectivity index is 1.72. The van der Waals surface area contributed by atoms with Crippen LogP contribution in [-0.4, -0.2) is 26.2 Å². The molecule has 2 aliphatic heterocycles. The zero-order valence-electron chi connectivity index (χ0n) is 9.38. The first-order chi connectivity index (χ1) is 7.79. The highest BCUT2D eigenvalue weighted by molar-refractivity contribution is 9.10. The Hall–Kier alpha value is -0.540. The van der Waals surface area contributed by atoms with Crippen molar-refractivity contribution in [3.63, 3.8) is 0 Å². The van der Waals surface area contributed by atoms with Gasteiger partial charge in [-0.3, -0.25) is 0 Å². The summed E-state index contributed by atoms with van der Waals surface area (Å²) >= 11 is 3.64. The smallest absolute Gasteiger partial charge is 0.0510 e. The van der Waals surface area contributed by atoms with E-state index in [9.17, 15) is 0 Å². The molecule has 86 valence electrons. The van der Waals surface area contributed by atoms with E-state index < -0.39 is 0 Å². The number of hydrogen-bond acceptors (Lipinski definition) is 2. The van der Waals surface area contributed by atoms with Crippen molar-refractivity contribution >= 4 is 21.6 Å². The maximum absolute atomic E-state index is 3.64. The second kappa shape index (κ2) is 4.04. The van der Waals surface area contributed by atoms with Crippen LogP contribution in [0.2, 0.25) is 0 Å². The molecule has 0 amide bonds. The van der Waals surface area contributed by atoms with Crippen LogP contribution in [0, 0.1) is 5.41 Å². The second-order valence-electron chi connectivity index (χ2n) is 5.04. The van der Waals surface area contributed by atoms with Gasteiger partial charge < -0.3 is 10.2 Å². The van der Waals surface area contributed by atoms with Gasteiger partial charge in [0, 0.05) is 30.7 Å². The molecule has 2 saturated heterocycles. The van der Waals surface area contributed by atoms with Gasteiger partial charge in [0.05, 0.1) is 5.69 Å². The van der Waals surface area contributed by atoms with E-state index >= 15 is 0 Å². The summed E-state index contributed by atoms with van der Waals surface area (Å²) in [6.45, 7) is 4.86. The van der Waals surface area contributed by atoms with Gasteiger partial charge in [-0.15, -0.1) is 0 Å². The molecular formula is C13H17BrN2. The zero-order chi connectivity index (χ0) is 11.0. The lowest BCUT2D eigenvalue weighted by atomic mass is 9.73. The normalized spacial score (nSPS) is 23.2. The maximum atomic E-state index is 3.64. The highest BCUT2D eigenvalue weighted by Crippen LogP contribution is 2.37. The third kappa shape index (κ3) is 1.76. The van der Waals surface area contributed by atoms with E-state index in [2.05, 4.69) is 50.4 Å². The van der Waals surface area contributed by atoms with Crippen LogP contribution < -0.4 is 10.2 Å². The number of halogens is 1. The van der Waals surface area contributed by atoms with Crippen molar-refractivity contribution < 1.29 is 0 Å². The predicted molar refractivity (Wildman–Crippen MR) is 70.9 cm³/mol. The topological polar surface area (TPSA) is 15.3 Å². The Kier molecular flexibility index (Phi) is 2.68. The van der Waals surface area contributed by atoms with Gasteiger partial charge in [0.25, 0.3) is 0 Å². The minimum Gasteiger partial charge on any atom is -0.371 e. The van der Waals surface area contributed by atoms with E-state index in [-0.39, 0.29) is 0 Å². The van der Waals surface area contributed by atoms with E-state index in [0.29, 0.717) is 5.41 Å². The maximum Gasteiger partial charge on any atom is 0.0510 e. The Morgan fingerprint density at radius 3 is 2.38 bits per heavy atom. The molecule has 3 rings (SSSR count). The summed E-state index contributed by atoms with van der Waals surface area (Å²) < 4.78 is 1.22. The van der Waals surface area contributed by atoms with Gasteiger partial charge >= 0.3 is 0 Å². The van der Waals surface area contributed by atoms with Gasteiger partial charge in [0.15, 0.2) is 0 Å². The molecule has 0 atom stereocenters. The molecule has 1 N–H and O–H groups in total. The largest absolute Gasteiger partial charge is 0.371 e. The van der Waals surface area contributed by atoms with Gasteiger partial charge in [-0.1, -0.05) is 12.1 Å². The summed E-state index contributed by atoms with van der Waals surface area (Å²) in [5.74, 6) is 0. The van der Waals surface area contributed by atoms with Crippen LogP contribution in [0.15, 0.2) is 28.7 Å². The standard InChI is InChI=1S/C13H17BrN2/c14-11-3-1-2-4-12(11)16-7-5-13(6-8-16)9-15-10-13/h1-4,15H,5-10H2. The summed E-state index contributed by atoms with van der Waals surface area (Å²) in [6, 6.07) is 8.54. The number of nitrogens with zero attached hydrogens (tertiary/aromatic N) is 1. The lowest BCUT2D eigenvalue weighted by Gasteiger charge is -2.49. The molecule has 16 heavy (non-hydrogen) atoms. The average Bonchev–Trinajstić information content (AvgIpc) is 2.28. The molecule has 0 unspecified atom stereocenters. The van der Waals surface area contributed by atoms with Crippen molar-refractivity contribution in [2.75, 3.05) is 31.1 Å². The summed E-state index contributed by atoms with van der Waals surface area (Å²) in [4.78, 5) is 2.51. The Labute approximate surface area is 105 Å². The summed E-state index contributed by atoms with van der Waals surface area (Å²) in [5, 5.41) is 3.41. The van der Waals surface area contributed by atoms with Crippen LogP contribution in [-0.2, 0) is 0 Å². The molecule has 0 radical (unpaired) electrons. The van der Waals surface area contributed by atoms with Crippen LogP contribution in [0.25, 0.3) is 0 Å². The molecule has 2 aliphatic rings. The van der Waals surface area contributed by atoms with Crippen molar-refractivity contribution in [3.05, 3.63) is 28.7 Å². The third-order valence-electron chi connectivity index (χ3n) is 4.02. The second-order valence-corrected chi connectivity index (χ2v) is 5.90.